The van der Waals surface area contributed by atoms with Gasteiger partial charge in [-0.1, -0.05) is 13.0 Å². The molecule has 1 amide bonds. The molecular weight excluding hydrogens is 270 g/mol. The number of hydrogen-bond donors (Lipinski definition) is 1. The molecule has 0 aliphatic carbocycles. The lowest BCUT2D eigenvalue weighted by Gasteiger charge is -2.34. The zero-order chi connectivity index (χ0) is 15.4. The Balaban J connectivity index is 2.56. The van der Waals surface area contributed by atoms with Crippen molar-refractivity contribution in [3.63, 3.8) is 0 Å². The van der Waals surface area contributed by atoms with Crippen LogP contribution in [0.25, 0.3) is 0 Å². The van der Waals surface area contributed by atoms with Gasteiger partial charge in [0, 0.05) is 6.54 Å². The van der Waals surface area contributed by atoms with Crippen LogP contribution in [0, 0.1) is 0 Å². The standard InChI is InChI=1S/C16H21NO4/c1-4-7-17-12-8-11(10-18)9-14(20-6-3)15(12)21-13(5-2)16(17)19/h4,8-9,13,18H,1,5-7,10H2,2-3H3. The molecule has 0 saturated heterocycles. The van der Waals surface area contributed by atoms with Crippen molar-refractivity contribution >= 4 is 11.6 Å². The van der Waals surface area contributed by atoms with E-state index in [4.69, 9.17) is 9.47 Å². The van der Waals surface area contributed by atoms with Crippen LogP contribution in [0.3, 0.4) is 0 Å². The van der Waals surface area contributed by atoms with Gasteiger partial charge in [0.2, 0.25) is 0 Å². The Bertz CT molecular complexity index is 541. The van der Waals surface area contributed by atoms with E-state index in [1.165, 1.54) is 0 Å². The Labute approximate surface area is 124 Å². The number of amides is 1. The van der Waals surface area contributed by atoms with Crippen molar-refractivity contribution in [2.45, 2.75) is 33.0 Å². The number of carbonyl (C=O) groups excluding carboxylic acids is 1. The SMILES string of the molecule is C=CCN1C(=O)C(CC)Oc2c(OCC)cc(CO)cc21. The van der Waals surface area contributed by atoms with Gasteiger partial charge in [-0.15, -0.1) is 6.58 Å². The summed E-state index contributed by atoms with van der Waals surface area (Å²) in [6.45, 7) is 8.24. The van der Waals surface area contributed by atoms with Gasteiger partial charge in [-0.2, -0.15) is 0 Å². The lowest BCUT2D eigenvalue weighted by atomic mass is 10.1. The quantitative estimate of drug-likeness (QED) is 0.817. The first-order valence-electron chi connectivity index (χ1n) is 7.15. The smallest absolute Gasteiger partial charge is 0.268 e. The summed E-state index contributed by atoms with van der Waals surface area (Å²) in [6, 6.07) is 3.50. The molecule has 114 valence electrons. The molecule has 1 N–H and O–H groups in total. The number of aliphatic hydroxyl groups excluding tert-OH is 1. The van der Waals surface area contributed by atoms with E-state index < -0.39 is 6.10 Å². The van der Waals surface area contributed by atoms with Crippen LogP contribution >= 0.6 is 0 Å². The second-order valence-electron chi connectivity index (χ2n) is 4.79. The maximum absolute atomic E-state index is 12.4. The molecule has 2 rings (SSSR count). The molecule has 0 saturated carbocycles. The van der Waals surface area contributed by atoms with Crippen molar-refractivity contribution in [2.24, 2.45) is 0 Å². The highest BCUT2D eigenvalue weighted by molar-refractivity contribution is 6.01. The van der Waals surface area contributed by atoms with E-state index in [1.54, 1.807) is 23.1 Å². The molecule has 0 aromatic heterocycles. The summed E-state index contributed by atoms with van der Waals surface area (Å²) in [5.74, 6) is 1.02. The van der Waals surface area contributed by atoms with Crippen LogP contribution in [0.4, 0.5) is 5.69 Å². The number of ether oxygens (including phenoxy) is 2. The topological polar surface area (TPSA) is 59.0 Å². The molecule has 1 aromatic carbocycles. The van der Waals surface area contributed by atoms with E-state index in [-0.39, 0.29) is 12.5 Å². The van der Waals surface area contributed by atoms with E-state index in [1.807, 2.05) is 13.8 Å². The lowest BCUT2D eigenvalue weighted by molar-refractivity contribution is -0.126. The van der Waals surface area contributed by atoms with Crippen molar-refractivity contribution in [1.29, 1.82) is 0 Å². The fourth-order valence-electron chi connectivity index (χ4n) is 2.38. The number of anilines is 1. The first kappa shape index (κ1) is 15.4. The number of carbonyl (C=O) groups is 1. The molecule has 1 atom stereocenters. The van der Waals surface area contributed by atoms with E-state index in [0.29, 0.717) is 42.3 Å². The van der Waals surface area contributed by atoms with Gasteiger partial charge in [0.1, 0.15) is 0 Å². The Morgan fingerprint density at radius 1 is 1.48 bits per heavy atom. The molecular formula is C16H21NO4. The minimum atomic E-state index is -0.517. The maximum atomic E-state index is 12.4. The van der Waals surface area contributed by atoms with Gasteiger partial charge >= 0.3 is 0 Å². The van der Waals surface area contributed by atoms with Gasteiger partial charge in [0.25, 0.3) is 5.91 Å². The van der Waals surface area contributed by atoms with Crippen LogP contribution in [0.5, 0.6) is 11.5 Å². The zero-order valence-corrected chi connectivity index (χ0v) is 12.5. The Hall–Kier alpha value is -2.01. The normalized spacial score (nSPS) is 17.2. The monoisotopic (exact) mass is 291 g/mol. The highest BCUT2D eigenvalue weighted by Crippen LogP contribution is 2.43. The highest BCUT2D eigenvalue weighted by atomic mass is 16.5. The number of hydrogen-bond acceptors (Lipinski definition) is 4. The zero-order valence-electron chi connectivity index (χ0n) is 12.5. The molecule has 1 heterocycles. The minimum Gasteiger partial charge on any atom is -0.490 e. The second kappa shape index (κ2) is 6.63. The van der Waals surface area contributed by atoms with E-state index in [9.17, 15) is 9.90 Å². The van der Waals surface area contributed by atoms with E-state index in [0.717, 1.165) is 0 Å². The van der Waals surface area contributed by atoms with Crippen LogP contribution in [0.2, 0.25) is 0 Å². The summed E-state index contributed by atoms with van der Waals surface area (Å²) in [5.41, 5.74) is 1.30. The summed E-state index contributed by atoms with van der Waals surface area (Å²) in [7, 11) is 0. The van der Waals surface area contributed by atoms with Gasteiger partial charge in [0.15, 0.2) is 17.6 Å². The van der Waals surface area contributed by atoms with Crippen molar-refractivity contribution in [2.75, 3.05) is 18.1 Å². The number of nitrogens with zero attached hydrogens (tertiary/aromatic N) is 1. The molecule has 5 heteroatoms. The van der Waals surface area contributed by atoms with Crippen LogP contribution in [-0.2, 0) is 11.4 Å². The minimum absolute atomic E-state index is 0.0950. The summed E-state index contributed by atoms with van der Waals surface area (Å²) in [5, 5.41) is 9.39. The van der Waals surface area contributed by atoms with Gasteiger partial charge in [-0.3, -0.25) is 4.79 Å². The van der Waals surface area contributed by atoms with Crippen LogP contribution in [0.15, 0.2) is 24.8 Å². The summed E-state index contributed by atoms with van der Waals surface area (Å²) < 4.78 is 11.4. The predicted octanol–water partition coefficient (Wildman–Crippen LogP) is 2.27. The number of rotatable bonds is 6. The lowest BCUT2D eigenvalue weighted by Crippen LogP contribution is -2.45. The Morgan fingerprint density at radius 2 is 2.24 bits per heavy atom. The summed E-state index contributed by atoms with van der Waals surface area (Å²) in [4.78, 5) is 14.1. The van der Waals surface area contributed by atoms with Gasteiger partial charge < -0.3 is 19.5 Å². The molecule has 1 unspecified atom stereocenters. The van der Waals surface area contributed by atoms with E-state index in [2.05, 4.69) is 6.58 Å². The summed E-state index contributed by atoms with van der Waals surface area (Å²) >= 11 is 0. The molecule has 5 nitrogen and oxygen atoms in total. The summed E-state index contributed by atoms with van der Waals surface area (Å²) in [6.07, 6.45) is 1.74. The van der Waals surface area contributed by atoms with E-state index >= 15 is 0 Å². The highest BCUT2D eigenvalue weighted by Gasteiger charge is 2.35. The molecule has 0 bridgehead atoms. The third-order valence-corrected chi connectivity index (χ3v) is 3.35. The molecule has 21 heavy (non-hydrogen) atoms. The Kier molecular flexibility index (Phi) is 4.85. The number of aliphatic hydroxyl groups is 1. The van der Waals surface area contributed by atoms with Crippen LogP contribution in [-0.4, -0.2) is 30.3 Å². The fraction of sp³-hybridized carbons (Fsp3) is 0.438. The van der Waals surface area contributed by atoms with Crippen LogP contribution in [0.1, 0.15) is 25.8 Å². The molecule has 0 fully saturated rings. The maximum Gasteiger partial charge on any atom is 0.268 e. The molecule has 1 aliphatic rings. The van der Waals surface area contributed by atoms with Crippen molar-refractivity contribution in [3.05, 3.63) is 30.4 Å². The number of fused-ring (bicyclic) bond motifs is 1. The van der Waals surface area contributed by atoms with Crippen LogP contribution < -0.4 is 14.4 Å². The first-order chi connectivity index (χ1) is 10.2. The molecule has 0 radical (unpaired) electrons. The molecule has 0 spiro atoms. The fourth-order valence-corrected chi connectivity index (χ4v) is 2.38. The first-order valence-corrected chi connectivity index (χ1v) is 7.15. The van der Waals surface area contributed by atoms with Gasteiger partial charge in [0.05, 0.1) is 18.9 Å². The molecule has 1 aliphatic heterocycles. The third-order valence-electron chi connectivity index (χ3n) is 3.35. The Morgan fingerprint density at radius 3 is 2.81 bits per heavy atom. The third kappa shape index (κ3) is 2.88. The van der Waals surface area contributed by atoms with Gasteiger partial charge in [-0.25, -0.2) is 0 Å². The number of benzene rings is 1. The average Bonchev–Trinajstić information content (AvgIpc) is 2.50. The average molecular weight is 291 g/mol. The van der Waals surface area contributed by atoms with Gasteiger partial charge in [-0.05, 0) is 31.0 Å². The van der Waals surface area contributed by atoms with Crippen molar-refractivity contribution in [1.82, 2.24) is 0 Å². The van der Waals surface area contributed by atoms with Crippen molar-refractivity contribution < 1.29 is 19.4 Å². The predicted molar refractivity (Wildman–Crippen MR) is 80.8 cm³/mol. The van der Waals surface area contributed by atoms with Crippen molar-refractivity contribution in [3.8, 4) is 11.5 Å². The second-order valence-corrected chi connectivity index (χ2v) is 4.79. The largest absolute Gasteiger partial charge is 0.490 e. The molecule has 1 aromatic rings.